The summed E-state index contributed by atoms with van der Waals surface area (Å²) < 4.78 is 29.7. The molecular formula is C20H28Cl2F2N6O2. The Hall–Kier alpha value is -2.46. The van der Waals surface area contributed by atoms with Gasteiger partial charge in [-0.3, -0.25) is 14.2 Å². The lowest BCUT2D eigenvalue weighted by Gasteiger charge is -2.33. The molecule has 0 aromatic carbocycles. The third kappa shape index (κ3) is 5.66. The van der Waals surface area contributed by atoms with Gasteiger partial charge in [0, 0.05) is 30.6 Å². The molecule has 0 aliphatic heterocycles. The van der Waals surface area contributed by atoms with Gasteiger partial charge in [-0.15, -0.1) is 24.8 Å². The first-order chi connectivity index (χ1) is 14.1. The number of nitrogen functional groups attached to an aromatic ring is 1. The number of carbonyl (C=O) groups excluding carboxylic acids is 1. The maximum absolute atomic E-state index is 14.2. The van der Waals surface area contributed by atoms with Crippen LogP contribution < -0.4 is 21.9 Å². The quantitative estimate of drug-likeness (QED) is 0.547. The normalized spacial score (nSPS) is 13.4. The molecular weight excluding hydrogens is 465 g/mol. The molecule has 3 rings (SSSR count). The van der Waals surface area contributed by atoms with Gasteiger partial charge in [0.2, 0.25) is 5.91 Å². The number of hydrogen-bond acceptors (Lipinski definition) is 6. The average Bonchev–Trinajstić information content (AvgIpc) is 2.62. The molecule has 2 aromatic heterocycles. The van der Waals surface area contributed by atoms with E-state index in [9.17, 15) is 18.4 Å². The summed E-state index contributed by atoms with van der Waals surface area (Å²) in [6, 6.07) is 1.59. The van der Waals surface area contributed by atoms with Crippen molar-refractivity contribution in [3.8, 4) is 5.82 Å². The fourth-order valence-electron chi connectivity index (χ4n) is 3.37. The third-order valence-corrected chi connectivity index (χ3v) is 5.50. The van der Waals surface area contributed by atoms with Gasteiger partial charge in [0.05, 0.1) is 18.7 Å². The Bertz CT molecular complexity index is 1030. The number of likely N-dealkylation sites (N-methyl/N-ethyl adjacent to an activating group) is 1. The number of carbonyl (C=O) groups is 1. The number of halogens is 4. The van der Waals surface area contributed by atoms with Crippen LogP contribution in [0.4, 0.5) is 20.3 Å². The van der Waals surface area contributed by atoms with Crippen molar-refractivity contribution < 1.29 is 13.6 Å². The van der Waals surface area contributed by atoms with E-state index in [0.717, 1.165) is 6.42 Å². The number of amides is 1. The second-order valence-electron chi connectivity index (χ2n) is 7.63. The van der Waals surface area contributed by atoms with Crippen molar-refractivity contribution in [2.75, 3.05) is 24.6 Å². The van der Waals surface area contributed by atoms with E-state index < -0.39 is 23.9 Å². The minimum Gasteiger partial charge on any atom is -0.396 e. The molecule has 2 aromatic rings. The van der Waals surface area contributed by atoms with Gasteiger partial charge in [-0.25, -0.2) is 18.7 Å². The SMILES string of the molecule is CNC(=O)Cc1cc(N)c(-n2c(C)cnc(NCC(F)(F)C3CCC3)c2=O)nc1C.Cl.Cl. The van der Waals surface area contributed by atoms with E-state index in [2.05, 4.69) is 20.6 Å². The van der Waals surface area contributed by atoms with Gasteiger partial charge in [-0.2, -0.15) is 0 Å². The van der Waals surface area contributed by atoms with Gasteiger partial charge in [-0.1, -0.05) is 6.42 Å². The maximum atomic E-state index is 14.2. The Kier molecular flexibility index (Phi) is 9.40. The lowest BCUT2D eigenvalue weighted by atomic mass is 9.80. The number of aryl methyl sites for hydroxylation is 2. The summed E-state index contributed by atoms with van der Waals surface area (Å²) in [7, 11) is 1.53. The van der Waals surface area contributed by atoms with Crippen LogP contribution in [0.3, 0.4) is 0 Å². The van der Waals surface area contributed by atoms with Crippen LogP contribution in [0.1, 0.15) is 36.2 Å². The Balaban J connectivity index is 0.00000256. The Labute approximate surface area is 197 Å². The zero-order valence-electron chi connectivity index (χ0n) is 18.1. The minimum atomic E-state index is -2.91. The van der Waals surface area contributed by atoms with Gasteiger partial charge >= 0.3 is 0 Å². The summed E-state index contributed by atoms with van der Waals surface area (Å²) in [6.07, 6.45) is 3.29. The van der Waals surface area contributed by atoms with Gasteiger partial charge in [0.15, 0.2) is 11.6 Å². The molecule has 0 radical (unpaired) electrons. The average molecular weight is 493 g/mol. The monoisotopic (exact) mass is 492 g/mol. The lowest BCUT2D eigenvalue weighted by Crippen LogP contribution is -2.40. The maximum Gasteiger partial charge on any atom is 0.299 e. The number of nitrogens with zero attached hydrogens (tertiary/aromatic N) is 3. The highest BCUT2D eigenvalue weighted by Gasteiger charge is 2.42. The molecule has 1 fully saturated rings. The van der Waals surface area contributed by atoms with Crippen molar-refractivity contribution in [3.05, 3.63) is 39.6 Å². The molecule has 178 valence electrons. The van der Waals surface area contributed by atoms with Crippen LogP contribution in [0.25, 0.3) is 5.82 Å². The number of rotatable bonds is 7. The molecule has 0 saturated heterocycles. The van der Waals surface area contributed by atoms with Crippen LogP contribution in [0, 0.1) is 19.8 Å². The summed E-state index contributed by atoms with van der Waals surface area (Å²) >= 11 is 0. The molecule has 12 heteroatoms. The van der Waals surface area contributed by atoms with Crippen molar-refractivity contribution in [3.63, 3.8) is 0 Å². The molecule has 1 aliphatic carbocycles. The zero-order valence-corrected chi connectivity index (χ0v) is 19.7. The first kappa shape index (κ1) is 27.6. The highest BCUT2D eigenvalue weighted by atomic mass is 35.5. The van der Waals surface area contributed by atoms with Crippen molar-refractivity contribution in [2.45, 2.75) is 45.5 Å². The van der Waals surface area contributed by atoms with E-state index >= 15 is 0 Å². The highest BCUT2D eigenvalue weighted by molar-refractivity contribution is 5.85. The van der Waals surface area contributed by atoms with Crippen LogP contribution in [0.5, 0.6) is 0 Å². The van der Waals surface area contributed by atoms with E-state index in [1.165, 1.54) is 17.8 Å². The van der Waals surface area contributed by atoms with E-state index in [-0.39, 0.29) is 54.5 Å². The molecule has 32 heavy (non-hydrogen) atoms. The smallest absolute Gasteiger partial charge is 0.299 e. The van der Waals surface area contributed by atoms with E-state index in [1.54, 1.807) is 19.9 Å². The highest BCUT2D eigenvalue weighted by Crippen LogP contribution is 2.39. The van der Waals surface area contributed by atoms with E-state index in [4.69, 9.17) is 5.73 Å². The van der Waals surface area contributed by atoms with Crippen molar-refractivity contribution >= 4 is 42.2 Å². The molecule has 2 heterocycles. The van der Waals surface area contributed by atoms with Gasteiger partial charge in [0.25, 0.3) is 11.5 Å². The number of nitrogens with two attached hydrogens (primary N) is 1. The van der Waals surface area contributed by atoms with Crippen molar-refractivity contribution in [2.24, 2.45) is 5.92 Å². The number of hydrogen-bond donors (Lipinski definition) is 3. The predicted octanol–water partition coefficient (Wildman–Crippen LogP) is 2.81. The Morgan fingerprint density at radius 1 is 1.31 bits per heavy atom. The number of aromatic nitrogens is 3. The van der Waals surface area contributed by atoms with Gasteiger partial charge in [-0.05, 0) is 38.3 Å². The largest absolute Gasteiger partial charge is 0.396 e. The molecule has 1 aliphatic rings. The van der Waals surface area contributed by atoms with Gasteiger partial charge < -0.3 is 16.4 Å². The number of anilines is 2. The molecule has 0 spiro atoms. The van der Waals surface area contributed by atoms with Crippen LogP contribution in [0.15, 0.2) is 17.1 Å². The second-order valence-corrected chi connectivity index (χ2v) is 7.63. The number of nitrogens with one attached hydrogen (secondary N) is 2. The second kappa shape index (κ2) is 10.9. The summed E-state index contributed by atoms with van der Waals surface area (Å²) in [5, 5.41) is 5.04. The summed E-state index contributed by atoms with van der Waals surface area (Å²) in [6.45, 7) is 2.70. The first-order valence-electron chi connectivity index (χ1n) is 9.81. The molecule has 0 atom stereocenters. The standard InChI is InChI=1S/C20H26F2N6O2.2ClH/c1-11-9-25-17(26-10-20(21,22)14-5-4-6-14)19(30)28(11)18-15(23)7-13(12(2)27-18)8-16(29)24-3;;/h7,9,14H,4-6,8,10,23H2,1-3H3,(H,24,29)(H,25,26);2*1H. The fourth-order valence-corrected chi connectivity index (χ4v) is 3.37. The summed E-state index contributed by atoms with van der Waals surface area (Å²) in [4.78, 5) is 33.0. The lowest BCUT2D eigenvalue weighted by molar-refractivity contribution is -0.119. The third-order valence-electron chi connectivity index (χ3n) is 5.50. The van der Waals surface area contributed by atoms with Gasteiger partial charge in [0.1, 0.15) is 0 Å². The van der Waals surface area contributed by atoms with Crippen LogP contribution in [0.2, 0.25) is 0 Å². The van der Waals surface area contributed by atoms with Crippen molar-refractivity contribution in [1.82, 2.24) is 19.9 Å². The molecule has 0 bridgehead atoms. The van der Waals surface area contributed by atoms with Crippen LogP contribution >= 0.6 is 24.8 Å². The van der Waals surface area contributed by atoms with E-state index in [0.29, 0.717) is 29.8 Å². The molecule has 4 N–H and O–H groups in total. The molecule has 8 nitrogen and oxygen atoms in total. The van der Waals surface area contributed by atoms with E-state index in [1.807, 2.05) is 0 Å². The summed E-state index contributed by atoms with van der Waals surface area (Å²) in [5.74, 6) is -3.77. The predicted molar refractivity (Wildman–Crippen MR) is 125 cm³/mol. The molecule has 1 saturated carbocycles. The van der Waals surface area contributed by atoms with Crippen LogP contribution in [-0.2, 0) is 11.2 Å². The van der Waals surface area contributed by atoms with Crippen LogP contribution in [-0.4, -0.2) is 40.0 Å². The number of pyridine rings is 1. The zero-order chi connectivity index (χ0) is 22.1. The first-order valence-corrected chi connectivity index (χ1v) is 9.81. The Morgan fingerprint density at radius 2 is 1.97 bits per heavy atom. The minimum absolute atomic E-state index is 0. The Morgan fingerprint density at radius 3 is 2.53 bits per heavy atom. The fraction of sp³-hybridized carbons (Fsp3) is 0.500. The number of alkyl halides is 2. The van der Waals surface area contributed by atoms with Crippen molar-refractivity contribution in [1.29, 1.82) is 0 Å². The molecule has 0 unspecified atom stereocenters. The molecule has 1 amide bonds. The topological polar surface area (TPSA) is 115 Å². The summed E-state index contributed by atoms with van der Waals surface area (Å²) in [5.41, 5.74) is 7.33.